The van der Waals surface area contributed by atoms with E-state index in [9.17, 15) is 14.0 Å². The molecule has 0 unspecified atom stereocenters. The Hall–Kier alpha value is -1.71. The van der Waals surface area contributed by atoms with Crippen molar-refractivity contribution < 1.29 is 14.0 Å². The summed E-state index contributed by atoms with van der Waals surface area (Å²) in [6.07, 6.45) is 6.98. The van der Waals surface area contributed by atoms with Crippen LogP contribution in [0.15, 0.2) is 24.3 Å². The topological polar surface area (TPSA) is 37.4 Å². The first-order chi connectivity index (χ1) is 9.70. The zero-order valence-corrected chi connectivity index (χ0v) is 11.6. The van der Waals surface area contributed by atoms with E-state index in [1.807, 2.05) is 0 Å². The van der Waals surface area contributed by atoms with Crippen LogP contribution in [0.25, 0.3) is 0 Å². The predicted octanol–water partition coefficient (Wildman–Crippen LogP) is 3.33. The molecule has 1 aliphatic carbocycles. The number of nitrogens with zero attached hydrogens (tertiary/aromatic N) is 1. The summed E-state index contributed by atoms with van der Waals surface area (Å²) in [5, 5.41) is 0. The zero-order chi connectivity index (χ0) is 14.4. The molecule has 0 N–H and O–H groups in total. The van der Waals surface area contributed by atoms with Gasteiger partial charge in [0.05, 0.1) is 6.54 Å². The fraction of sp³-hybridized carbons (Fsp3) is 0.500. The first-order valence-corrected chi connectivity index (χ1v) is 7.20. The Morgan fingerprint density at radius 2 is 1.85 bits per heavy atom. The van der Waals surface area contributed by atoms with Crippen LogP contribution in [0.5, 0.6) is 0 Å². The maximum Gasteiger partial charge on any atom is 0.227 e. The van der Waals surface area contributed by atoms with Gasteiger partial charge in [-0.25, -0.2) is 4.39 Å². The van der Waals surface area contributed by atoms with Crippen LogP contribution in [0.3, 0.4) is 0 Å². The molecule has 0 aromatic heterocycles. The number of halogens is 1. The number of hydrogen-bond acceptors (Lipinski definition) is 2. The molecular formula is C16H20FNO2. The fourth-order valence-corrected chi connectivity index (χ4v) is 2.80. The molecule has 0 bridgehead atoms. The highest BCUT2D eigenvalue weighted by molar-refractivity contribution is 5.95. The molecule has 0 atom stereocenters. The fourth-order valence-electron chi connectivity index (χ4n) is 2.80. The normalized spacial score (nSPS) is 15.8. The zero-order valence-electron chi connectivity index (χ0n) is 11.6. The molecule has 2 rings (SSSR count). The number of aldehydes is 1. The van der Waals surface area contributed by atoms with Gasteiger partial charge in [-0.05, 0) is 43.0 Å². The van der Waals surface area contributed by atoms with Gasteiger partial charge in [0.25, 0.3) is 0 Å². The van der Waals surface area contributed by atoms with Gasteiger partial charge in [-0.3, -0.25) is 4.79 Å². The van der Waals surface area contributed by atoms with Gasteiger partial charge < -0.3 is 9.69 Å². The SMILES string of the molecule is O=CCN(C(=O)CC1CCCCC1)c1ccc(F)cc1. The highest BCUT2D eigenvalue weighted by Crippen LogP contribution is 2.27. The molecule has 1 fully saturated rings. The van der Waals surface area contributed by atoms with Crippen LogP contribution < -0.4 is 4.90 Å². The predicted molar refractivity (Wildman–Crippen MR) is 76.0 cm³/mol. The van der Waals surface area contributed by atoms with Gasteiger partial charge in [-0.1, -0.05) is 19.3 Å². The van der Waals surface area contributed by atoms with Crippen LogP contribution in [0.2, 0.25) is 0 Å². The Morgan fingerprint density at radius 3 is 2.45 bits per heavy atom. The lowest BCUT2D eigenvalue weighted by Crippen LogP contribution is -2.34. The summed E-state index contributed by atoms with van der Waals surface area (Å²) in [7, 11) is 0. The molecule has 3 nitrogen and oxygen atoms in total. The Balaban J connectivity index is 2.04. The van der Waals surface area contributed by atoms with Crippen LogP contribution in [-0.4, -0.2) is 18.7 Å². The minimum Gasteiger partial charge on any atom is -0.305 e. The van der Waals surface area contributed by atoms with Crippen LogP contribution in [-0.2, 0) is 9.59 Å². The van der Waals surface area contributed by atoms with Crippen molar-refractivity contribution in [1.29, 1.82) is 0 Å². The van der Waals surface area contributed by atoms with Gasteiger partial charge in [-0.2, -0.15) is 0 Å². The van der Waals surface area contributed by atoms with Crippen molar-refractivity contribution in [2.75, 3.05) is 11.4 Å². The van der Waals surface area contributed by atoms with Crippen molar-refractivity contribution in [1.82, 2.24) is 0 Å². The van der Waals surface area contributed by atoms with Gasteiger partial charge in [0, 0.05) is 12.1 Å². The van der Waals surface area contributed by atoms with E-state index < -0.39 is 0 Å². The number of benzene rings is 1. The summed E-state index contributed by atoms with van der Waals surface area (Å²) >= 11 is 0. The summed E-state index contributed by atoms with van der Waals surface area (Å²) in [5.74, 6) is 0.0287. The quantitative estimate of drug-likeness (QED) is 0.774. The van der Waals surface area contributed by atoms with E-state index in [-0.39, 0.29) is 18.3 Å². The molecular weight excluding hydrogens is 257 g/mol. The van der Waals surface area contributed by atoms with Crippen molar-refractivity contribution in [2.24, 2.45) is 5.92 Å². The third-order valence-corrected chi connectivity index (χ3v) is 3.88. The summed E-state index contributed by atoms with van der Waals surface area (Å²) in [5.41, 5.74) is 0.583. The highest BCUT2D eigenvalue weighted by Gasteiger charge is 2.21. The lowest BCUT2D eigenvalue weighted by atomic mass is 9.86. The number of carbonyl (C=O) groups excluding carboxylic acids is 2. The molecule has 1 aliphatic rings. The maximum absolute atomic E-state index is 12.9. The number of hydrogen-bond donors (Lipinski definition) is 0. The smallest absolute Gasteiger partial charge is 0.227 e. The number of amides is 1. The Labute approximate surface area is 118 Å². The second kappa shape index (κ2) is 7.17. The molecule has 0 spiro atoms. The average Bonchev–Trinajstić information content (AvgIpc) is 2.47. The van der Waals surface area contributed by atoms with Crippen LogP contribution in [0.1, 0.15) is 38.5 Å². The van der Waals surface area contributed by atoms with E-state index in [0.29, 0.717) is 24.3 Å². The largest absolute Gasteiger partial charge is 0.305 e. The standard InChI is InChI=1S/C16H20FNO2/c17-14-6-8-15(9-7-14)18(10-11-19)16(20)12-13-4-2-1-3-5-13/h6-9,11,13H,1-5,10,12H2. The Kier molecular flexibility index (Phi) is 5.27. The second-order valence-electron chi connectivity index (χ2n) is 5.36. The number of anilines is 1. The lowest BCUT2D eigenvalue weighted by Gasteiger charge is -2.25. The second-order valence-corrected chi connectivity index (χ2v) is 5.36. The molecule has 0 aliphatic heterocycles. The molecule has 20 heavy (non-hydrogen) atoms. The number of carbonyl (C=O) groups is 2. The Morgan fingerprint density at radius 1 is 1.20 bits per heavy atom. The molecule has 1 aromatic rings. The van der Waals surface area contributed by atoms with Crippen LogP contribution in [0, 0.1) is 11.7 Å². The van der Waals surface area contributed by atoms with Crippen molar-refractivity contribution in [3.8, 4) is 0 Å². The van der Waals surface area contributed by atoms with E-state index in [1.165, 1.54) is 48.4 Å². The van der Waals surface area contributed by atoms with E-state index in [2.05, 4.69) is 0 Å². The van der Waals surface area contributed by atoms with Gasteiger partial charge in [0.1, 0.15) is 12.1 Å². The summed E-state index contributed by atoms with van der Waals surface area (Å²) < 4.78 is 12.9. The molecule has 0 radical (unpaired) electrons. The van der Waals surface area contributed by atoms with Crippen molar-refractivity contribution in [3.05, 3.63) is 30.1 Å². The molecule has 1 amide bonds. The van der Waals surface area contributed by atoms with E-state index in [1.54, 1.807) is 0 Å². The molecule has 108 valence electrons. The monoisotopic (exact) mass is 277 g/mol. The van der Waals surface area contributed by atoms with Crippen molar-refractivity contribution in [3.63, 3.8) is 0 Å². The molecule has 4 heteroatoms. The van der Waals surface area contributed by atoms with E-state index >= 15 is 0 Å². The van der Waals surface area contributed by atoms with Crippen LogP contribution in [0.4, 0.5) is 10.1 Å². The van der Waals surface area contributed by atoms with Gasteiger partial charge in [0.2, 0.25) is 5.91 Å². The summed E-state index contributed by atoms with van der Waals surface area (Å²) in [6.45, 7) is 0.0250. The summed E-state index contributed by atoms with van der Waals surface area (Å²) in [4.78, 5) is 24.6. The highest BCUT2D eigenvalue weighted by atomic mass is 19.1. The first-order valence-electron chi connectivity index (χ1n) is 7.20. The van der Waals surface area contributed by atoms with Crippen LogP contribution >= 0.6 is 0 Å². The molecule has 1 saturated carbocycles. The van der Waals surface area contributed by atoms with Crippen molar-refractivity contribution >= 4 is 17.9 Å². The maximum atomic E-state index is 12.9. The lowest BCUT2D eigenvalue weighted by molar-refractivity contribution is -0.120. The van der Waals surface area contributed by atoms with Crippen molar-refractivity contribution in [2.45, 2.75) is 38.5 Å². The first kappa shape index (κ1) is 14.7. The van der Waals surface area contributed by atoms with E-state index in [0.717, 1.165) is 12.8 Å². The average molecular weight is 277 g/mol. The molecule has 1 aromatic carbocycles. The van der Waals surface area contributed by atoms with Gasteiger partial charge >= 0.3 is 0 Å². The third kappa shape index (κ3) is 3.89. The van der Waals surface area contributed by atoms with Gasteiger partial charge in [0.15, 0.2) is 0 Å². The minimum atomic E-state index is -0.348. The minimum absolute atomic E-state index is 0.0250. The Bertz CT molecular complexity index is 452. The number of rotatable bonds is 5. The molecule has 0 heterocycles. The third-order valence-electron chi connectivity index (χ3n) is 3.88. The van der Waals surface area contributed by atoms with Gasteiger partial charge in [-0.15, -0.1) is 0 Å². The summed E-state index contributed by atoms with van der Waals surface area (Å²) in [6, 6.07) is 5.69. The van der Waals surface area contributed by atoms with E-state index in [4.69, 9.17) is 0 Å². The molecule has 0 saturated heterocycles.